The van der Waals surface area contributed by atoms with Crippen LogP contribution in [-0.2, 0) is 17.8 Å². The molecule has 4 aromatic rings. The molecule has 2 aliphatic heterocycles. The maximum absolute atomic E-state index is 13.1. The molecule has 0 aliphatic carbocycles. The van der Waals surface area contributed by atoms with E-state index in [0.29, 0.717) is 54.4 Å². The lowest BCUT2D eigenvalue weighted by Gasteiger charge is -2.32. The number of hydrogen-bond donors (Lipinski definition) is 1. The highest BCUT2D eigenvalue weighted by Gasteiger charge is 2.22. The molecule has 0 bridgehead atoms. The van der Waals surface area contributed by atoms with Gasteiger partial charge in [0.2, 0.25) is 5.91 Å². The van der Waals surface area contributed by atoms with Gasteiger partial charge in [0.25, 0.3) is 5.91 Å². The Morgan fingerprint density at radius 1 is 0.953 bits per heavy atom. The van der Waals surface area contributed by atoms with E-state index in [-0.39, 0.29) is 11.8 Å². The molecule has 0 saturated carbocycles. The Morgan fingerprint density at radius 3 is 2.42 bits per heavy atom. The highest BCUT2D eigenvalue weighted by Crippen LogP contribution is 2.25. The minimum atomic E-state index is 0.0476. The first-order valence-electron chi connectivity index (χ1n) is 14.9. The molecule has 2 aliphatic rings. The molecule has 0 radical (unpaired) electrons. The molecular formula is C32H38N8O3. The third kappa shape index (κ3) is 6.46. The first-order chi connectivity index (χ1) is 21.0. The Balaban J connectivity index is 1.24. The Labute approximate surface area is 251 Å². The van der Waals surface area contributed by atoms with E-state index in [9.17, 15) is 9.59 Å². The Morgan fingerprint density at radius 2 is 1.72 bits per heavy atom. The van der Waals surface area contributed by atoms with Crippen LogP contribution in [0.3, 0.4) is 0 Å². The third-order valence-corrected chi connectivity index (χ3v) is 8.29. The van der Waals surface area contributed by atoms with Crippen LogP contribution in [0.25, 0.3) is 22.6 Å². The number of anilines is 1. The molecule has 2 amide bonds. The molecule has 43 heavy (non-hydrogen) atoms. The van der Waals surface area contributed by atoms with Gasteiger partial charge < -0.3 is 29.3 Å². The van der Waals surface area contributed by atoms with Gasteiger partial charge in [-0.05, 0) is 49.7 Å². The quantitative estimate of drug-likeness (QED) is 0.304. The molecule has 0 atom stereocenters. The van der Waals surface area contributed by atoms with Crippen LogP contribution in [0.2, 0.25) is 0 Å². The fraction of sp³-hybridized carbons (Fsp3) is 0.406. The lowest BCUT2D eigenvalue weighted by Crippen LogP contribution is -2.47. The summed E-state index contributed by atoms with van der Waals surface area (Å²) in [4.78, 5) is 45.8. The molecule has 2 aromatic heterocycles. The third-order valence-electron chi connectivity index (χ3n) is 8.29. The van der Waals surface area contributed by atoms with Crippen LogP contribution < -0.4 is 10.1 Å². The molecule has 2 fully saturated rings. The fourth-order valence-electron chi connectivity index (χ4n) is 5.60. The zero-order chi connectivity index (χ0) is 29.8. The number of ether oxygens (including phenoxy) is 1. The van der Waals surface area contributed by atoms with Gasteiger partial charge in [0.15, 0.2) is 17.3 Å². The van der Waals surface area contributed by atoms with Gasteiger partial charge in [0.1, 0.15) is 11.3 Å². The van der Waals surface area contributed by atoms with Crippen molar-refractivity contribution in [3.63, 3.8) is 0 Å². The highest BCUT2D eigenvalue weighted by molar-refractivity contribution is 5.95. The molecule has 1 N–H and O–H groups in total. The molecule has 6 rings (SSSR count). The van der Waals surface area contributed by atoms with Gasteiger partial charge >= 0.3 is 0 Å². The summed E-state index contributed by atoms with van der Waals surface area (Å²) >= 11 is 0. The van der Waals surface area contributed by atoms with Crippen molar-refractivity contribution in [2.24, 2.45) is 0 Å². The molecular weight excluding hydrogens is 544 g/mol. The van der Waals surface area contributed by atoms with Gasteiger partial charge in [-0.15, -0.1) is 0 Å². The summed E-state index contributed by atoms with van der Waals surface area (Å²) in [5.41, 5.74) is 4.06. The van der Waals surface area contributed by atoms with Gasteiger partial charge in [-0.2, -0.15) is 0 Å². The summed E-state index contributed by atoms with van der Waals surface area (Å²) in [6.07, 6.45) is 4.10. The molecule has 11 nitrogen and oxygen atoms in total. The number of nitrogens with zero attached hydrogens (tertiary/aromatic N) is 7. The second-order valence-corrected chi connectivity index (χ2v) is 11.2. The maximum atomic E-state index is 13.1. The van der Waals surface area contributed by atoms with Crippen molar-refractivity contribution in [3.05, 3.63) is 66.0 Å². The van der Waals surface area contributed by atoms with Gasteiger partial charge in [0, 0.05) is 69.9 Å². The fourth-order valence-corrected chi connectivity index (χ4v) is 5.60. The predicted octanol–water partition coefficient (Wildman–Crippen LogP) is 3.17. The van der Waals surface area contributed by atoms with Crippen LogP contribution in [0.5, 0.6) is 5.75 Å². The number of benzene rings is 2. The van der Waals surface area contributed by atoms with Gasteiger partial charge in [-0.3, -0.25) is 9.59 Å². The van der Waals surface area contributed by atoms with E-state index in [1.807, 2.05) is 50.8 Å². The number of likely N-dealkylation sites (tertiary alicyclic amines) is 1. The smallest absolute Gasteiger partial charge is 0.253 e. The van der Waals surface area contributed by atoms with E-state index in [2.05, 4.69) is 34.4 Å². The summed E-state index contributed by atoms with van der Waals surface area (Å²) in [6.45, 7) is 5.89. The van der Waals surface area contributed by atoms with E-state index < -0.39 is 0 Å². The standard InChI is InChI=1S/C32H38N8O3/c1-37-16-18-39(19-17-37)32(42)25-9-7-24(8-10-25)29-35-30(33-14-13-23-5-11-26(43-2)12-6-23)28-31(36-29)40(22-34-28)21-20-38-15-3-4-27(38)41/h5-12,22H,3-4,13-21H2,1-2H3,(H,33,35,36). The maximum Gasteiger partial charge on any atom is 0.253 e. The van der Waals surface area contributed by atoms with Crippen LogP contribution in [-0.4, -0.2) is 106 Å². The van der Waals surface area contributed by atoms with E-state index in [4.69, 9.17) is 14.7 Å². The Bertz CT molecular complexity index is 1580. The number of rotatable bonds is 10. The average Bonchev–Trinajstić information content (AvgIpc) is 3.65. The Hall–Kier alpha value is -4.51. The van der Waals surface area contributed by atoms with Gasteiger partial charge in [-0.1, -0.05) is 24.3 Å². The second-order valence-electron chi connectivity index (χ2n) is 11.2. The first-order valence-corrected chi connectivity index (χ1v) is 14.9. The van der Waals surface area contributed by atoms with Crippen molar-refractivity contribution < 1.29 is 14.3 Å². The summed E-state index contributed by atoms with van der Waals surface area (Å²) in [5, 5.41) is 3.48. The monoisotopic (exact) mass is 582 g/mol. The van der Waals surface area contributed by atoms with E-state index in [1.54, 1.807) is 13.4 Å². The number of carbonyl (C=O) groups excluding carboxylic acids is 2. The number of amides is 2. The SMILES string of the molecule is COc1ccc(CCNc2nc(-c3ccc(C(=O)N4CCN(C)CC4)cc3)nc3c2ncn3CCN2CCCC2=O)cc1. The van der Waals surface area contributed by atoms with Crippen molar-refractivity contribution in [1.29, 1.82) is 0 Å². The summed E-state index contributed by atoms with van der Waals surface area (Å²) < 4.78 is 7.27. The number of nitrogens with one attached hydrogen (secondary N) is 1. The number of imidazole rings is 1. The van der Waals surface area contributed by atoms with Crippen molar-refractivity contribution in [2.45, 2.75) is 25.8 Å². The Kier molecular flexibility index (Phi) is 8.50. The van der Waals surface area contributed by atoms with E-state index >= 15 is 0 Å². The zero-order valence-corrected chi connectivity index (χ0v) is 24.8. The van der Waals surface area contributed by atoms with Crippen molar-refractivity contribution in [1.82, 2.24) is 34.2 Å². The summed E-state index contributed by atoms with van der Waals surface area (Å²) in [5.74, 6) is 2.29. The van der Waals surface area contributed by atoms with Crippen LogP contribution in [0.15, 0.2) is 54.9 Å². The molecule has 0 unspecified atom stereocenters. The van der Waals surface area contributed by atoms with E-state index in [0.717, 1.165) is 56.9 Å². The average molecular weight is 583 g/mol. The lowest BCUT2D eigenvalue weighted by atomic mass is 10.1. The van der Waals surface area contributed by atoms with Gasteiger partial charge in [0.05, 0.1) is 13.4 Å². The van der Waals surface area contributed by atoms with Crippen molar-refractivity contribution >= 4 is 28.8 Å². The van der Waals surface area contributed by atoms with Crippen LogP contribution >= 0.6 is 0 Å². The first kappa shape index (κ1) is 28.6. The lowest BCUT2D eigenvalue weighted by molar-refractivity contribution is -0.127. The normalized spacial score (nSPS) is 15.8. The largest absolute Gasteiger partial charge is 0.497 e. The number of methoxy groups -OCH3 is 1. The minimum absolute atomic E-state index is 0.0476. The van der Waals surface area contributed by atoms with Crippen LogP contribution in [0, 0.1) is 0 Å². The van der Waals surface area contributed by atoms with E-state index in [1.165, 1.54) is 5.56 Å². The number of piperazine rings is 1. The second kappa shape index (κ2) is 12.8. The number of hydrogen-bond acceptors (Lipinski definition) is 8. The topological polar surface area (TPSA) is 109 Å². The minimum Gasteiger partial charge on any atom is -0.497 e. The number of likely N-dealkylation sites (N-methyl/N-ethyl adjacent to an activating group) is 1. The molecule has 224 valence electrons. The number of fused-ring (bicyclic) bond motifs is 1. The molecule has 0 spiro atoms. The predicted molar refractivity (Wildman–Crippen MR) is 165 cm³/mol. The zero-order valence-electron chi connectivity index (χ0n) is 24.8. The molecule has 2 saturated heterocycles. The van der Waals surface area contributed by atoms with Crippen molar-refractivity contribution in [2.75, 3.05) is 65.3 Å². The summed E-state index contributed by atoms with van der Waals surface area (Å²) in [7, 11) is 3.74. The number of carbonyl (C=O) groups is 2. The van der Waals surface area contributed by atoms with Crippen LogP contribution in [0.4, 0.5) is 5.82 Å². The molecule has 11 heteroatoms. The van der Waals surface area contributed by atoms with Crippen molar-refractivity contribution in [3.8, 4) is 17.1 Å². The highest BCUT2D eigenvalue weighted by atomic mass is 16.5. The van der Waals surface area contributed by atoms with Crippen LogP contribution in [0.1, 0.15) is 28.8 Å². The number of aromatic nitrogens is 4. The summed E-state index contributed by atoms with van der Waals surface area (Å²) in [6, 6.07) is 15.6. The molecule has 2 aromatic carbocycles. The molecule has 4 heterocycles. The van der Waals surface area contributed by atoms with Gasteiger partial charge in [-0.25, -0.2) is 15.0 Å².